The van der Waals surface area contributed by atoms with E-state index in [1.54, 1.807) is 18.2 Å². The minimum absolute atomic E-state index is 0.188. The van der Waals surface area contributed by atoms with Crippen molar-refractivity contribution in [3.63, 3.8) is 0 Å². The topological polar surface area (TPSA) is 65.0 Å². The number of hydrogen-bond donors (Lipinski definition) is 1. The van der Waals surface area contributed by atoms with E-state index in [-0.39, 0.29) is 6.79 Å². The van der Waals surface area contributed by atoms with Crippen molar-refractivity contribution in [1.82, 2.24) is 0 Å². The molecule has 1 aliphatic heterocycles. The standard InChI is InChI=1S/C10H10O5/c1-6(10(11)12)15-7-2-3-8-9(4-7)14-5-13-8/h2-4,6H,5H2,1H3,(H,11,12). The van der Waals surface area contributed by atoms with Crippen molar-refractivity contribution < 1.29 is 24.1 Å². The number of benzene rings is 1. The van der Waals surface area contributed by atoms with Gasteiger partial charge in [-0.25, -0.2) is 4.79 Å². The van der Waals surface area contributed by atoms with Crippen LogP contribution in [0.4, 0.5) is 0 Å². The summed E-state index contributed by atoms with van der Waals surface area (Å²) in [5, 5.41) is 8.66. The first-order valence-electron chi connectivity index (χ1n) is 4.46. The Bertz CT molecular complexity index is 387. The Hall–Kier alpha value is -1.91. The molecule has 0 fully saturated rings. The van der Waals surface area contributed by atoms with Crippen LogP contribution < -0.4 is 14.2 Å². The molecule has 0 bridgehead atoms. The quantitative estimate of drug-likeness (QED) is 0.813. The van der Waals surface area contributed by atoms with E-state index < -0.39 is 12.1 Å². The smallest absolute Gasteiger partial charge is 0.344 e. The van der Waals surface area contributed by atoms with Crippen molar-refractivity contribution in [2.45, 2.75) is 13.0 Å². The minimum Gasteiger partial charge on any atom is -0.479 e. The molecule has 1 aromatic carbocycles. The molecule has 5 heteroatoms. The Labute approximate surface area is 86.2 Å². The van der Waals surface area contributed by atoms with Gasteiger partial charge in [-0.2, -0.15) is 0 Å². The highest BCUT2D eigenvalue weighted by Crippen LogP contribution is 2.35. The van der Waals surface area contributed by atoms with Crippen LogP contribution in [0.15, 0.2) is 18.2 Å². The molecular weight excluding hydrogens is 200 g/mol. The van der Waals surface area contributed by atoms with Gasteiger partial charge >= 0.3 is 5.97 Å². The molecule has 2 rings (SSSR count). The summed E-state index contributed by atoms with van der Waals surface area (Å²) in [6, 6.07) is 4.95. The normalized spacial score (nSPS) is 14.7. The summed E-state index contributed by atoms with van der Waals surface area (Å²) in [5.74, 6) is 0.664. The molecule has 0 spiro atoms. The fourth-order valence-corrected chi connectivity index (χ4v) is 1.20. The summed E-state index contributed by atoms with van der Waals surface area (Å²) in [5.41, 5.74) is 0. The van der Waals surface area contributed by atoms with Gasteiger partial charge in [-0.3, -0.25) is 0 Å². The van der Waals surface area contributed by atoms with Crippen molar-refractivity contribution in [3.8, 4) is 17.2 Å². The van der Waals surface area contributed by atoms with Crippen LogP contribution in [-0.2, 0) is 4.79 Å². The van der Waals surface area contributed by atoms with Crippen LogP contribution in [0.2, 0.25) is 0 Å². The zero-order chi connectivity index (χ0) is 10.8. The van der Waals surface area contributed by atoms with E-state index in [1.165, 1.54) is 6.92 Å². The van der Waals surface area contributed by atoms with E-state index in [4.69, 9.17) is 19.3 Å². The Morgan fingerprint density at radius 1 is 1.47 bits per heavy atom. The lowest BCUT2D eigenvalue weighted by molar-refractivity contribution is -0.144. The molecule has 1 atom stereocenters. The van der Waals surface area contributed by atoms with Gasteiger partial charge in [0.2, 0.25) is 6.79 Å². The molecule has 1 heterocycles. The number of hydrogen-bond acceptors (Lipinski definition) is 4. The van der Waals surface area contributed by atoms with Crippen LogP contribution in [0, 0.1) is 0 Å². The SMILES string of the molecule is CC(Oc1ccc2c(c1)OCO2)C(=O)O. The highest BCUT2D eigenvalue weighted by molar-refractivity contribution is 5.72. The van der Waals surface area contributed by atoms with Crippen molar-refractivity contribution in [2.24, 2.45) is 0 Å². The van der Waals surface area contributed by atoms with Gasteiger partial charge in [0.15, 0.2) is 17.6 Å². The van der Waals surface area contributed by atoms with Crippen LogP contribution >= 0.6 is 0 Å². The molecule has 1 aromatic rings. The van der Waals surface area contributed by atoms with Crippen LogP contribution in [0.3, 0.4) is 0 Å². The van der Waals surface area contributed by atoms with Gasteiger partial charge in [0.05, 0.1) is 0 Å². The zero-order valence-electron chi connectivity index (χ0n) is 8.10. The Kier molecular flexibility index (Phi) is 2.37. The summed E-state index contributed by atoms with van der Waals surface area (Å²) in [7, 11) is 0. The van der Waals surface area contributed by atoms with Crippen LogP contribution in [0.25, 0.3) is 0 Å². The van der Waals surface area contributed by atoms with Crippen LogP contribution in [-0.4, -0.2) is 24.0 Å². The number of carboxylic acid groups (broad SMARTS) is 1. The summed E-state index contributed by atoms with van der Waals surface area (Å²) in [6.45, 7) is 1.65. The average molecular weight is 210 g/mol. The lowest BCUT2D eigenvalue weighted by Gasteiger charge is -2.10. The third-order valence-electron chi connectivity index (χ3n) is 2.00. The van der Waals surface area contributed by atoms with E-state index in [9.17, 15) is 4.79 Å². The second-order valence-corrected chi connectivity index (χ2v) is 3.11. The van der Waals surface area contributed by atoms with Gasteiger partial charge in [0, 0.05) is 6.07 Å². The zero-order valence-corrected chi connectivity index (χ0v) is 8.10. The lowest BCUT2D eigenvalue weighted by Crippen LogP contribution is -2.22. The van der Waals surface area contributed by atoms with Gasteiger partial charge < -0.3 is 19.3 Å². The van der Waals surface area contributed by atoms with Crippen molar-refractivity contribution in [3.05, 3.63) is 18.2 Å². The molecule has 1 aliphatic rings. The highest BCUT2D eigenvalue weighted by Gasteiger charge is 2.17. The highest BCUT2D eigenvalue weighted by atomic mass is 16.7. The number of fused-ring (bicyclic) bond motifs is 1. The fraction of sp³-hybridized carbons (Fsp3) is 0.300. The summed E-state index contributed by atoms with van der Waals surface area (Å²) < 4.78 is 15.4. The molecule has 0 aliphatic carbocycles. The van der Waals surface area contributed by atoms with Crippen molar-refractivity contribution in [2.75, 3.05) is 6.79 Å². The molecule has 1 unspecified atom stereocenters. The van der Waals surface area contributed by atoms with Crippen LogP contribution in [0.1, 0.15) is 6.92 Å². The summed E-state index contributed by atoms with van der Waals surface area (Å²) in [6.07, 6.45) is -0.884. The molecule has 1 N–H and O–H groups in total. The average Bonchev–Trinajstić information content (AvgIpc) is 2.64. The third kappa shape index (κ3) is 1.96. The Morgan fingerprint density at radius 2 is 2.20 bits per heavy atom. The van der Waals surface area contributed by atoms with E-state index >= 15 is 0 Å². The van der Waals surface area contributed by atoms with Gasteiger partial charge in [0.25, 0.3) is 0 Å². The van der Waals surface area contributed by atoms with E-state index in [1.807, 2.05) is 0 Å². The maximum absolute atomic E-state index is 10.6. The molecule has 80 valence electrons. The van der Waals surface area contributed by atoms with Crippen molar-refractivity contribution >= 4 is 5.97 Å². The Balaban J connectivity index is 2.13. The second-order valence-electron chi connectivity index (χ2n) is 3.11. The summed E-state index contributed by atoms with van der Waals surface area (Å²) in [4.78, 5) is 10.6. The van der Waals surface area contributed by atoms with Gasteiger partial charge in [-0.1, -0.05) is 0 Å². The first-order chi connectivity index (χ1) is 7.16. The number of ether oxygens (including phenoxy) is 3. The number of carbonyl (C=O) groups is 1. The first-order valence-corrected chi connectivity index (χ1v) is 4.46. The molecule has 15 heavy (non-hydrogen) atoms. The molecule has 0 radical (unpaired) electrons. The summed E-state index contributed by atoms with van der Waals surface area (Å²) >= 11 is 0. The monoisotopic (exact) mass is 210 g/mol. The van der Waals surface area contributed by atoms with E-state index in [0.29, 0.717) is 17.2 Å². The molecule has 5 nitrogen and oxygen atoms in total. The molecule has 0 saturated carbocycles. The molecule has 0 aromatic heterocycles. The Morgan fingerprint density at radius 3 is 2.93 bits per heavy atom. The lowest BCUT2D eigenvalue weighted by atomic mass is 10.3. The number of rotatable bonds is 3. The predicted octanol–water partition coefficient (Wildman–Crippen LogP) is 1.27. The maximum Gasteiger partial charge on any atom is 0.344 e. The maximum atomic E-state index is 10.6. The molecular formula is C10H10O5. The van der Waals surface area contributed by atoms with Gasteiger partial charge in [-0.05, 0) is 19.1 Å². The minimum atomic E-state index is -1.01. The largest absolute Gasteiger partial charge is 0.479 e. The molecule has 0 amide bonds. The predicted molar refractivity (Wildman–Crippen MR) is 50.3 cm³/mol. The number of aliphatic carboxylic acids is 1. The van der Waals surface area contributed by atoms with Crippen LogP contribution in [0.5, 0.6) is 17.2 Å². The number of carboxylic acids is 1. The van der Waals surface area contributed by atoms with Gasteiger partial charge in [-0.15, -0.1) is 0 Å². The van der Waals surface area contributed by atoms with E-state index in [0.717, 1.165) is 0 Å². The van der Waals surface area contributed by atoms with E-state index in [2.05, 4.69) is 0 Å². The van der Waals surface area contributed by atoms with Crippen molar-refractivity contribution in [1.29, 1.82) is 0 Å². The first kappa shape index (κ1) is 9.64. The fourth-order valence-electron chi connectivity index (χ4n) is 1.20. The second kappa shape index (κ2) is 3.68. The molecule has 0 saturated heterocycles. The third-order valence-corrected chi connectivity index (χ3v) is 2.00. The van der Waals surface area contributed by atoms with Gasteiger partial charge in [0.1, 0.15) is 5.75 Å².